The van der Waals surface area contributed by atoms with Crippen molar-refractivity contribution < 1.29 is 14.3 Å². The van der Waals surface area contributed by atoms with Crippen LogP contribution >= 0.6 is 23.8 Å². The summed E-state index contributed by atoms with van der Waals surface area (Å²) < 4.78 is 5.14. The Balaban J connectivity index is 2.05. The molecule has 5 nitrogen and oxygen atoms in total. The van der Waals surface area contributed by atoms with E-state index in [1.54, 1.807) is 36.4 Å². The Morgan fingerprint density at radius 2 is 1.79 bits per heavy atom. The van der Waals surface area contributed by atoms with Gasteiger partial charge in [-0.15, -0.1) is 0 Å². The first-order valence-electron chi connectivity index (χ1n) is 6.97. The van der Waals surface area contributed by atoms with Crippen LogP contribution in [0.2, 0.25) is 5.02 Å². The van der Waals surface area contributed by atoms with Crippen molar-refractivity contribution in [1.29, 1.82) is 0 Å². The number of ketones is 1. The lowest BCUT2D eigenvalue weighted by molar-refractivity contribution is 0.0973. The third-order valence-electron chi connectivity index (χ3n) is 3.18. The summed E-state index contributed by atoms with van der Waals surface area (Å²) in [5.74, 6) is -0.0665. The van der Waals surface area contributed by atoms with Crippen molar-refractivity contribution in [1.82, 2.24) is 5.32 Å². The van der Waals surface area contributed by atoms with E-state index in [0.29, 0.717) is 22.0 Å². The van der Waals surface area contributed by atoms with Gasteiger partial charge in [0.1, 0.15) is 5.75 Å². The van der Waals surface area contributed by atoms with Crippen molar-refractivity contribution in [2.75, 3.05) is 12.4 Å². The van der Waals surface area contributed by atoms with Crippen LogP contribution in [0.1, 0.15) is 27.6 Å². The largest absolute Gasteiger partial charge is 0.496 e. The minimum atomic E-state index is -0.438. The van der Waals surface area contributed by atoms with Crippen LogP contribution in [0.25, 0.3) is 0 Å². The number of thiocarbonyl (C=S) groups is 1. The maximum Gasteiger partial charge on any atom is 0.261 e. The third-order valence-corrected chi connectivity index (χ3v) is 3.62. The van der Waals surface area contributed by atoms with Crippen molar-refractivity contribution in [3.8, 4) is 5.75 Å². The van der Waals surface area contributed by atoms with Crippen molar-refractivity contribution >= 4 is 46.3 Å². The Kier molecular flexibility index (Phi) is 5.89. The molecule has 0 aromatic heterocycles. The normalized spacial score (nSPS) is 9.96. The van der Waals surface area contributed by atoms with Gasteiger partial charge in [-0.1, -0.05) is 11.6 Å². The highest BCUT2D eigenvalue weighted by Crippen LogP contribution is 2.22. The van der Waals surface area contributed by atoms with Crippen molar-refractivity contribution in [2.45, 2.75) is 6.92 Å². The maximum absolute atomic E-state index is 12.3. The molecule has 0 saturated carbocycles. The second-order valence-corrected chi connectivity index (χ2v) is 5.73. The molecule has 7 heteroatoms. The predicted octanol–water partition coefficient (Wildman–Crippen LogP) is 3.68. The highest BCUT2D eigenvalue weighted by Gasteiger charge is 2.14. The number of carbonyl (C=O) groups is 2. The van der Waals surface area contributed by atoms with Gasteiger partial charge in [-0.25, -0.2) is 0 Å². The number of nitrogens with one attached hydrogen (secondary N) is 2. The van der Waals surface area contributed by atoms with Crippen LogP contribution in [-0.2, 0) is 0 Å². The second-order valence-electron chi connectivity index (χ2n) is 4.89. The lowest BCUT2D eigenvalue weighted by Crippen LogP contribution is -2.34. The number of rotatable bonds is 4. The third kappa shape index (κ3) is 4.53. The number of benzene rings is 2. The van der Waals surface area contributed by atoms with Crippen molar-refractivity contribution in [2.24, 2.45) is 0 Å². The number of methoxy groups -OCH3 is 1. The van der Waals surface area contributed by atoms with Gasteiger partial charge < -0.3 is 10.1 Å². The van der Waals surface area contributed by atoms with Crippen molar-refractivity contribution in [3.63, 3.8) is 0 Å². The molecular formula is C17H15ClN2O3S. The van der Waals surface area contributed by atoms with E-state index in [1.807, 2.05) is 0 Å². The number of halogens is 1. The van der Waals surface area contributed by atoms with Crippen LogP contribution in [0.5, 0.6) is 5.75 Å². The van der Waals surface area contributed by atoms with E-state index in [9.17, 15) is 9.59 Å². The Morgan fingerprint density at radius 1 is 1.12 bits per heavy atom. The highest BCUT2D eigenvalue weighted by atomic mass is 35.5. The smallest absolute Gasteiger partial charge is 0.261 e. The molecule has 24 heavy (non-hydrogen) atoms. The van der Waals surface area contributed by atoms with Gasteiger partial charge in [0, 0.05) is 16.3 Å². The van der Waals surface area contributed by atoms with E-state index in [2.05, 4.69) is 10.6 Å². The monoisotopic (exact) mass is 362 g/mol. The van der Waals surface area contributed by atoms with E-state index in [1.165, 1.54) is 20.1 Å². The fourth-order valence-electron chi connectivity index (χ4n) is 1.98. The first-order chi connectivity index (χ1) is 11.4. The predicted molar refractivity (Wildman–Crippen MR) is 98.1 cm³/mol. The molecule has 0 unspecified atom stereocenters. The van der Waals surface area contributed by atoms with Crippen LogP contribution in [0.15, 0.2) is 42.5 Å². The summed E-state index contributed by atoms with van der Waals surface area (Å²) in [4.78, 5) is 23.5. The molecule has 0 fully saturated rings. The zero-order valence-electron chi connectivity index (χ0n) is 13.1. The zero-order chi connectivity index (χ0) is 17.7. The molecule has 0 aliphatic carbocycles. The molecule has 0 spiro atoms. The average Bonchev–Trinajstić information content (AvgIpc) is 2.55. The molecule has 0 saturated heterocycles. The fraction of sp³-hybridized carbons (Fsp3) is 0.118. The number of amides is 1. The minimum Gasteiger partial charge on any atom is -0.496 e. The van der Waals surface area contributed by atoms with Crippen LogP contribution < -0.4 is 15.4 Å². The minimum absolute atomic E-state index is 0.0227. The maximum atomic E-state index is 12.3. The number of hydrogen-bond acceptors (Lipinski definition) is 4. The molecule has 1 amide bonds. The SMILES string of the molecule is COc1ccc(Cl)cc1C(=O)NC(=S)Nc1ccc(C(C)=O)cc1. The van der Waals surface area contributed by atoms with E-state index in [4.69, 9.17) is 28.6 Å². The van der Waals surface area contributed by atoms with Gasteiger partial charge in [0.25, 0.3) is 5.91 Å². The standard InChI is InChI=1S/C17H15ClN2O3S/c1-10(21)11-3-6-13(7-4-11)19-17(24)20-16(22)14-9-12(18)5-8-15(14)23-2/h3-9H,1-2H3,(H2,19,20,22,24). The summed E-state index contributed by atoms with van der Waals surface area (Å²) in [6.45, 7) is 1.49. The second kappa shape index (κ2) is 7.90. The first kappa shape index (κ1) is 17.9. The molecule has 2 N–H and O–H groups in total. The van der Waals surface area contributed by atoms with E-state index in [-0.39, 0.29) is 16.5 Å². The molecule has 0 aliphatic heterocycles. The quantitative estimate of drug-likeness (QED) is 0.641. The number of carbonyl (C=O) groups excluding carboxylic acids is 2. The Hall–Kier alpha value is -2.44. The van der Waals surface area contributed by atoms with Gasteiger partial charge in [-0.2, -0.15) is 0 Å². The molecular weight excluding hydrogens is 348 g/mol. The molecule has 0 bridgehead atoms. The number of Topliss-reactive ketones (excluding diaryl/α,β-unsaturated/α-hetero) is 1. The van der Waals surface area contributed by atoms with Gasteiger partial charge in [-0.05, 0) is 61.6 Å². The van der Waals surface area contributed by atoms with Gasteiger partial charge in [0.15, 0.2) is 10.9 Å². The van der Waals surface area contributed by atoms with E-state index < -0.39 is 5.91 Å². The van der Waals surface area contributed by atoms with Gasteiger partial charge >= 0.3 is 0 Å². The van der Waals surface area contributed by atoms with Crippen molar-refractivity contribution in [3.05, 3.63) is 58.6 Å². The molecule has 2 aromatic carbocycles. The number of ether oxygens (including phenoxy) is 1. The van der Waals surface area contributed by atoms with Crippen LogP contribution in [0.4, 0.5) is 5.69 Å². The lowest BCUT2D eigenvalue weighted by Gasteiger charge is -2.12. The van der Waals surface area contributed by atoms with Crippen LogP contribution in [0, 0.1) is 0 Å². The fourth-order valence-corrected chi connectivity index (χ4v) is 2.36. The Bertz CT molecular complexity index is 791. The molecule has 0 atom stereocenters. The number of anilines is 1. The molecule has 0 aliphatic rings. The summed E-state index contributed by atoms with van der Waals surface area (Å²) in [5.41, 5.74) is 1.53. The molecule has 124 valence electrons. The van der Waals surface area contributed by atoms with Gasteiger partial charge in [0.05, 0.1) is 12.7 Å². The van der Waals surface area contributed by atoms with Crippen LogP contribution in [-0.4, -0.2) is 23.9 Å². The Morgan fingerprint density at radius 3 is 2.38 bits per heavy atom. The zero-order valence-corrected chi connectivity index (χ0v) is 14.6. The summed E-state index contributed by atoms with van der Waals surface area (Å²) in [6.07, 6.45) is 0. The molecule has 2 rings (SSSR count). The van der Waals surface area contributed by atoms with E-state index in [0.717, 1.165) is 0 Å². The Labute approximate surface area is 150 Å². The average molecular weight is 363 g/mol. The summed E-state index contributed by atoms with van der Waals surface area (Å²) in [6, 6.07) is 11.5. The molecule has 2 aromatic rings. The summed E-state index contributed by atoms with van der Waals surface area (Å²) in [7, 11) is 1.47. The molecule has 0 radical (unpaired) electrons. The van der Waals surface area contributed by atoms with Gasteiger partial charge in [-0.3, -0.25) is 14.9 Å². The highest BCUT2D eigenvalue weighted by molar-refractivity contribution is 7.80. The topological polar surface area (TPSA) is 67.4 Å². The number of hydrogen-bond donors (Lipinski definition) is 2. The first-order valence-corrected chi connectivity index (χ1v) is 7.76. The van der Waals surface area contributed by atoms with E-state index >= 15 is 0 Å². The summed E-state index contributed by atoms with van der Waals surface area (Å²) >= 11 is 11.0. The summed E-state index contributed by atoms with van der Waals surface area (Å²) in [5, 5.41) is 5.97. The lowest BCUT2D eigenvalue weighted by atomic mass is 10.1. The van der Waals surface area contributed by atoms with Crippen LogP contribution in [0.3, 0.4) is 0 Å². The molecule has 0 heterocycles. The van der Waals surface area contributed by atoms with Gasteiger partial charge in [0.2, 0.25) is 0 Å².